The van der Waals surface area contributed by atoms with Crippen LogP contribution in [0.2, 0.25) is 5.02 Å². The van der Waals surface area contributed by atoms with Gasteiger partial charge in [0.2, 0.25) is 5.91 Å². The number of thiophene rings is 1. The van der Waals surface area contributed by atoms with Crippen molar-refractivity contribution in [3.8, 4) is 0 Å². The van der Waals surface area contributed by atoms with Crippen molar-refractivity contribution in [2.75, 3.05) is 6.54 Å². The normalized spacial score (nSPS) is 14.6. The van der Waals surface area contributed by atoms with Crippen molar-refractivity contribution in [3.05, 3.63) is 62.8 Å². The highest BCUT2D eigenvalue weighted by Gasteiger charge is 2.19. The van der Waals surface area contributed by atoms with E-state index in [9.17, 15) is 4.79 Å². The molecule has 3 rings (SSSR count). The quantitative estimate of drug-likeness (QED) is 0.768. The monoisotopic (exact) mass is 303 g/mol. The lowest BCUT2D eigenvalue weighted by molar-refractivity contribution is -0.126. The molecular formula is C16H14ClNOS. The maximum Gasteiger partial charge on any atom is 0.246 e. The van der Waals surface area contributed by atoms with E-state index in [1.807, 2.05) is 35.2 Å². The first-order valence-corrected chi connectivity index (χ1v) is 7.76. The van der Waals surface area contributed by atoms with Gasteiger partial charge in [-0.25, -0.2) is 0 Å². The molecule has 1 aromatic heterocycles. The molecule has 1 amide bonds. The third-order valence-electron chi connectivity index (χ3n) is 3.39. The Hall–Kier alpha value is -1.58. The zero-order valence-electron chi connectivity index (χ0n) is 10.9. The van der Waals surface area contributed by atoms with Crippen LogP contribution in [-0.4, -0.2) is 17.4 Å². The van der Waals surface area contributed by atoms with Gasteiger partial charge >= 0.3 is 0 Å². The largest absolute Gasteiger partial charge is 0.334 e. The summed E-state index contributed by atoms with van der Waals surface area (Å²) in [4.78, 5) is 15.5. The van der Waals surface area contributed by atoms with Gasteiger partial charge in [0.25, 0.3) is 0 Å². The summed E-state index contributed by atoms with van der Waals surface area (Å²) in [5, 5.41) is 2.78. The first kappa shape index (κ1) is 13.4. The van der Waals surface area contributed by atoms with E-state index in [0.717, 1.165) is 25.1 Å². The highest BCUT2D eigenvalue weighted by Crippen LogP contribution is 2.24. The Bertz CT molecular complexity index is 662. The minimum atomic E-state index is 0.0572. The number of hydrogen-bond donors (Lipinski definition) is 0. The minimum Gasteiger partial charge on any atom is -0.334 e. The predicted molar refractivity (Wildman–Crippen MR) is 83.9 cm³/mol. The SMILES string of the molecule is O=C(/C=C/c1cccc(Cl)c1)N1CCc2sccc2C1. The molecular weight excluding hydrogens is 290 g/mol. The minimum absolute atomic E-state index is 0.0572. The van der Waals surface area contributed by atoms with Gasteiger partial charge in [0.1, 0.15) is 0 Å². The number of carbonyl (C=O) groups excluding carboxylic acids is 1. The predicted octanol–water partition coefficient (Wildman–Crippen LogP) is 4.00. The number of rotatable bonds is 2. The molecule has 20 heavy (non-hydrogen) atoms. The Labute approximate surface area is 127 Å². The van der Waals surface area contributed by atoms with E-state index in [4.69, 9.17) is 11.6 Å². The first-order valence-electron chi connectivity index (χ1n) is 6.50. The Morgan fingerprint density at radius 2 is 2.25 bits per heavy atom. The van der Waals surface area contributed by atoms with E-state index in [1.165, 1.54) is 10.4 Å². The summed E-state index contributed by atoms with van der Waals surface area (Å²) < 4.78 is 0. The molecule has 0 atom stereocenters. The van der Waals surface area contributed by atoms with Crippen LogP contribution in [0.3, 0.4) is 0 Å². The van der Waals surface area contributed by atoms with Crippen molar-refractivity contribution in [1.82, 2.24) is 4.90 Å². The molecule has 0 unspecified atom stereocenters. The summed E-state index contributed by atoms with van der Waals surface area (Å²) in [6.07, 6.45) is 4.41. The zero-order valence-corrected chi connectivity index (χ0v) is 12.5. The molecule has 0 saturated carbocycles. The molecule has 0 fully saturated rings. The summed E-state index contributed by atoms with van der Waals surface area (Å²) in [7, 11) is 0. The summed E-state index contributed by atoms with van der Waals surface area (Å²) in [5.74, 6) is 0.0572. The van der Waals surface area contributed by atoms with Crippen molar-refractivity contribution >= 4 is 34.9 Å². The smallest absolute Gasteiger partial charge is 0.246 e. The molecule has 2 heterocycles. The Balaban J connectivity index is 1.68. The van der Waals surface area contributed by atoms with E-state index < -0.39 is 0 Å². The fraction of sp³-hybridized carbons (Fsp3) is 0.188. The molecule has 2 aromatic rings. The van der Waals surface area contributed by atoms with Gasteiger partial charge in [-0.05, 0) is 47.2 Å². The van der Waals surface area contributed by atoms with Crippen molar-refractivity contribution in [2.45, 2.75) is 13.0 Å². The summed E-state index contributed by atoms with van der Waals surface area (Å²) in [6.45, 7) is 1.52. The van der Waals surface area contributed by atoms with E-state index in [2.05, 4.69) is 11.4 Å². The van der Waals surface area contributed by atoms with Crippen LogP contribution in [0.5, 0.6) is 0 Å². The molecule has 1 aliphatic heterocycles. The molecule has 0 saturated heterocycles. The van der Waals surface area contributed by atoms with Crippen molar-refractivity contribution in [2.24, 2.45) is 0 Å². The molecule has 0 aliphatic carbocycles. The Morgan fingerprint density at radius 3 is 3.10 bits per heavy atom. The molecule has 1 aromatic carbocycles. The van der Waals surface area contributed by atoms with Gasteiger partial charge in [-0.3, -0.25) is 4.79 Å². The highest BCUT2D eigenvalue weighted by atomic mass is 35.5. The van der Waals surface area contributed by atoms with E-state index in [0.29, 0.717) is 5.02 Å². The van der Waals surface area contributed by atoms with E-state index >= 15 is 0 Å². The number of nitrogens with zero attached hydrogens (tertiary/aromatic N) is 1. The van der Waals surface area contributed by atoms with E-state index in [-0.39, 0.29) is 5.91 Å². The van der Waals surface area contributed by atoms with Gasteiger partial charge < -0.3 is 4.90 Å². The van der Waals surface area contributed by atoms with Crippen molar-refractivity contribution in [1.29, 1.82) is 0 Å². The van der Waals surface area contributed by atoms with Gasteiger partial charge in [-0.15, -0.1) is 11.3 Å². The third kappa shape index (κ3) is 2.94. The average molecular weight is 304 g/mol. The molecule has 102 valence electrons. The maximum atomic E-state index is 12.2. The fourth-order valence-electron chi connectivity index (χ4n) is 2.32. The van der Waals surface area contributed by atoms with Crippen molar-refractivity contribution < 1.29 is 4.79 Å². The number of carbonyl (C=O) groups is 1. The highest BCUT2D eigenvalue weighted by molar-refractivity contribution is 7.10. The van der Waals surface area contributed by atoms with Gasteiger partial charge in [0.05, 0.1) is 0 Å². The van der Waals surface area contributed by atoms with Gasteiger partial charge in [0, 0.05) is 29.1 Å². The lowest BCUT2D eigenvalue weighted by atomic mass is 10.1. The molecule has 0 radical (unpaired) electrons. The summed E-state index contributed by atoms with van der Waals surface area (Å²) >= 11 is 7.70. The number of amides is 1. The average Bonchev–Trinajstić information content (AvgIpc) is 2.92. The standard InChI is InChI=1S/C16H14ClNOS/c17-14-3-1-2-12(10-14)4-5-16(19)18-8-6-15-13(11-18)7-9-20-15/h1-5,7,9-10H,6,8,11H2/b5-4+. The van der Waals surface area contributed by atoms with Crippen LogP contribution in [0.4, 0.5) is 0 Å². The molecule has 4 heteroatoms. The molecule has 0 N–H and O–H groups in total. The molecule has 1 aliphatic rings. The number of benzene rings is 1. The Morgan fingerprint density at radius 1 is 1.35 bits per heavy atom. The fourth-order valence-corrected chi connectivity index (χ4v) is 3.41. The van der Waals surface area contributed by atoms with Crippen LogP contribution < -0.4 is 0 Å². The molecule has 0 bridgehead atoms. The number of halogens is 1. The van der Waals surface area contributed by atoms with Gasteiger partial charge in [-0.2, -0.15) is 0 Å². The second kappa shape index (κ2) is 5.81. The van der Waals surface area contributed by atoms with Crippen LogP contribution in [-0.2, 0) is 17.8 Å². The van der Waals surface area contributed by atoms with Crippen LogP contribution in [0.15, 0.2) is 41.8 Å². The second-order valence-electron chi connectivity index (χ2n) is 4.77. The number of hydrogen-bond acceptors (Lipinski definition) is 2. The first-order chi connectivity index (χ1) is 9.72. The third-order valence-corrected chi connectivity index (χ3v) is 4.64. The molecule has 0 spiro atoms. The van der Waals surface area contributed by atoms with Crippen LogP contribution in [0.1, 0.15) is 16.0 Å². The molecule has 2 nitrogen and oxygen atoms in total. The van der Waals surface area contributed by atoms with Crippen LogP contribution in [0.25, 0.3) is 6.08 Å². The van der Waals surface area contributed by atoms with Crippen LogP contribution in [0, 0.1) is 0 Å². The topological polar surface area (TPSA) is 20.3 Å². The number of fused-ring (bicyclic) bond motifs is 1. The zero-order chi connectivity index (χ0) is 13.9. The summed E-state index contributed by atoms with van der Waals surface area (Å²) in [5.41, 5.74) is 2.23. The Kier molecular flexibility index (Phi) is 3.90. The lowest BCUT2D eigenvalue weighted by Crippen LogP contribution is -2.34. The van der Waals surface area contributed by atoms with Gasteiger partial charge in [0.15, 0.2) is 0 Å². The maximum absolute atomic E-state index is 12.2. The van der Waals surface area contributed by atoms with Gasteiger partial charge in [-0.1, -0.05) is 23.7 Å². The summed E-state index contributed by atoms with van der Waals surface area (Å²) in [6, 6.07) is 9.59. The van der Waals surface area contributed by atoms with Crippen LogP contribution >= 0.6 is 22.9 Å². The lowest BCUT2D eigenvalue weighted by Gasteiger charge is -2.25. The second-order valence-corrected chi connectivity index (χ2v) is 6.20. The van der Waals surface area contributed by atoms with Crippen molar-refractivity contribution in [3.63, 3.8) is 0 Å². The van der Waals surface area contributed by atoms with E-state index in [1.54, 1.807) is 17.4 Å².